The minimum atomic E-state index is -0.308. The first-order chi connectivity index (χ1) is 11.1. The number of halogens is 2. The quantitative estimate of drug-likeness (QED) is 0.859. The van der Waals surface area contributed by atoms with E-state index in [9.17, 15) is 9.18 Å². The zero-order valence-corrected chi connectivity index (χ0v) is 14.2. The fourth-order valence-electron chi connectivity index (χ4n) is 3.02. The number of carbonyl (C=O) groups excluding carboxylic acids is 1. The highest BCUT2D eigenvalue weighted by molar-refractivity contribution is 9.10. The summed E-state index contributed by atoms with van der Waals surface area (Å²) in [5.41, 5.74) is 1.85. The Bertz CT molecular complexity index is 690. The van der Waals surface area contributed by atoms with Crippen molar-refractivity contribution in [1.29, 1.82) is 0 Å². The molecule has 1 aliphatic rings. The maximum Gasteiger partial charge on any atom is 0.238 e. The normalized spacial score (nSPS) is 18.1. The minimum Gasteiger partial charge on any atom is -0.325 e. The van der Waals surface area contributed by atoms with Crippen molar-refractivity contribution in [2.45, 2.75) is 18.9 Å². The third-order valence-electron chi connectivity index (χ3n) is 4.07. The molecule has 0 aromatic heterocycles. The van der Waals surface area contributed by atoms with Crippen LogP contribution in [-0.4, -0.2) is 23.9 Å². The molecule has 0 saturated carbocycles. The minimum absolute atomic E-state index is 0.0708. The monoisotopic (exact) mass is 376 g/mol. The molecule has 0 radical (unpaired) electrons. The van der Waals surface area contributed by atoms with Gasteiger partial charge in [0.2, 0.25) is 5.91 Å². The van der Waals surface area contributed by atoms with Gasteiger partial charge in [0.1, 0.15) is 5.82 Å². The Morgan fingerprint density at radius 3 is 2.78 bits per heavy atom. The Balaban J connectivity index is 1.64. The van der Waals surface area contributed by atoms with Gasteiger partial charge in [-0.25, -0.2) is 4.39 Å². The maximum atomic E-state index is 12.9. The Hall–Kier alpha value is -1.72. The summed E-state index contributed by atoms with van der Waals surface area (Å²) in [6.45, 7) is 1.25. The van der Waals surface area contributed by atoms with Crippen LogP contribution >= 0.6 is 15.9 Å². The summed E-state index contributed by atoms with van der Waals surface area (Å²) in [5, 5.41) is 2.82. The second-order valence-electron chi connectivity index (χ2n) is 5.74. The van der Waals surface area contributed by atoms with Gasteiger partial charge in [-0.15, -0.1) is 0 Å². The van der Waals surface area contributed by atoms with Gasteiger partial charge in [0.25, 0.3) is 0 Å². The highest BCUT2D eigenvalue weighted by Gasteiger charge is 2.27. The summed E-state index contributed by atoms with van der Waals surface area (Å²) >= 11 is 3.50. The molecule has 5 heteroatoms. The second-order valence-corrected chi connectivity index (χ2v) is 6.65. The molecule has 1 heterocycles. The third-order valence-corrected chi connectivity index (χ3v) is 4.57. The van der Waals surface area contributed by atoms with Gasteiger partial charge >= 0.3 is 0 Å². The molecule has 1 aliphatic heterocycles. The third kappa shape index (κ3) is 4.18. The number of likely N-dealkylation sites (tertiary alicyclic amines) is 1. The molecule has 2 aromatic rings. The van der Waals surface area contributed by atoms with Gasteiger partial charge in [-0.05, 0) is 61.3 Å². The Kier molecular flexibility index (Phi) is 5.08. The Labute approximate surface area is 143 Å². The van der Waals surface area contributed by atoms with Crippen LogP contribution in [0.5, 0.6) is 0 Å². The zero-order valence-electron chi connectivity index (χ0n) is 12.6. The summed E-state index contributed by atoms with van der Waals surface area (Å²) in [6.07, 6.45) is 2.14. The molecule has 1 unspecified atom stereocenters. The second kappa shape index (κ2) is 7.23. The molecular formula is C18H18BrFN2O. The first-order valence-electron chi connectivity index (χ1n) is 7.67. The van der Waals surface area contributed by atoms with Crippen LogP contribution in [0.3, 0.4) is 0 Å². The first kappa shape index (κ1) is 16.1. The van der Waals surface area contributed by atoms with Crippen molar-refractivity contribution in [2.24, 2.45) is 0 Å². The van der Waals surface area contributed by atoms with E-state index in [0.717, 1.165) is 23.9 Å². The van der Waals surface area contributed by atoms with Crippen molar-refractivity contribution >= 4 is 27.5 Å². The lowest BCUT2D eigenvalue weighted by molar-refractivity contribution is -0.117. The Morgan fingerprint density at radius 2 is 2.04 bits per heavy atom. The van der Waals surface area contributed by atoms with Gasteiger partial charge in [-0.2, -0.15) is 0 Å². The molecule has 1 atom stereocenters. The zero-order chi connectivity index (χ0) is 16.2. The molecule has 23 heavy (non-hydrogen) atoms. The number of benzene rings is 2. The number of nitrogens with zero attached hydrogens (tertiary/aromatic N) is 1. The van der Waals surface area contributed by atoms with E-state index in [0.29, 0.717) is 12.2 Å². The van der Waals surface area contributed by atoms with E-state index in [1.807, 2.05) is 12.1 Å². The highest BCUT2D eigenvalue weighted by atomic mass is 79.9. The molecule has 3 rings (SSSR count). The molecule has 120 valence electrons. The maximum absolute atomic E-state index is 12.9. The van der Waals surface area contributed by atoms with Crippen molar-refractivity contribution in [3.8, 4) is 0 Å². The van der Waals surface area contributed by atoms with Crippen LogP contribution in [-0.2, 0) is 4.79 Å². The van der Waals surface area contributed by atoms with Crippen LogP contribution in [0.15, 0.2) is 53.0 Å². The van der Waals surface area contributed by atoms with E-state index in [-0.39, 0.29) is 17.8 Å². The van der Waals surface area contributed by atoms with E-state index in [1.165, 1.54) is 17.7 Å². The fraction of sp³-hybridized carbons (Fsp3) is 0.278. The van der Waals surface area contributed by atoms with Crippen LogP contribution in [0.1, 0.15) is 24.4 Å². The molecule has 0 aliphatic carbocycles. The molecule has 0 bridgehead atoms. The van der Waals surface area contributed by atoms with Gasteiger partial charge in [0, 0.05) is 16.2 Å². The number of amides is 1. The Morgan fingerprint density at radius 1 is 1.26 bits per heavy atom. The molecule has 1 saturated heterocycles. The van der Waals surface area contributed by atoms with E-state index < -0.39 is 0 Å². The molecule has 3 nitrogen and oxygen atoms in total. The molecule has 1 fully saturated rings. The SMILES string of the molecule is O=C(CN1CCCC1c1cccc(Br)c1)Nc1ccc(F)cc1. The van der Waals surface area contributed by atoms with Gasteiger partial charge in [0.05, 0.1) is 6.54 Å². The van der Waals surface area contributed by atoms with Gasteiger partial charge in [-0.3, -0.25) is 9.69 Å². The van der Waals surface area contributed by atoms with E-state index in [1.54, 1.807) is 12.1 Å². The first-order valence-corrected chi connectivity index (χ1v) is 8.46. The summed E-state index contributed by atoms with van der Waals surface area (Å²) in [5.74, 6) is -0.379. The lowest BCUT2D eigenvalue weighted by Crippen LogP contribution is -2.32. The lowest BCUT2D eigenvalue weighted by Gasteiger charge is -2.24. The van der Waals surface area contributed by atoms with Crippen molar-refractivity contribution in [1.82, 2.24) is 4.90 Å². The molecule has 0 spiro atoms. The van der Waals surface area contributed by atoms with Gasteiger partial charge < -0.3 is 5.32 Å². The molecular weight excluding hydrogens is 359 g/mol. The smallest absolute Gasteiger partial charge is 0.238 e. The number of nitrogens with one attached hydrogen (secondary N) is 1. The predicted octanol–water partition coefficient (Wildman–Crippen LogP) is 4.36. The number of rotatable bonds is 4. The van der Waals surface area contributed by atoms with E-state index in [4.69, 9.17) is 0 Å². The highest BCUT2D eigenvalue weighted by Crippen LogP contribution is 2.32. The molecule has 1 N–H and O–H groups in total. The van der Waals surface area contributed by atoms with Gasteiger partial charge in [0.15, 0.2) is 0 Å². The average Bonchev–Trinajstić information content (AvgIpc) is 2.97. The van der Waals surface area contributed by atoms with Crippen LogP contribution in [0.25, 0.3) is 0 Å². The van der Waals surface area contributed by atoms with E-state index >= 15 is 0 Å². The van der Waals surface area contributed by atoms with Crippen molar-refractivity contribution in [3.05, 3.63) is 64.4 Å². The van der Waals surface area contributed by atoms with Crippen molar-refractivity contribution in [2.75, 3.05) is 18.4 Å². The predicted molar refractivity (Wildman–Crippen MR) is 92.7 cm³/mol. The summed E-state index contributed by atoms with van der Waals surface area (Å²) in [4.78, 5) is 14.4. The topological polar surface area (TPSA) is 32.3 Å². The van der Waals surface area contributed by atoms with Gasteiger partial charge in [-0.1, -0.05) is 28.1 Å². The number of anilines is 1. The van der Waals surface area contributed by atoms with Crippen LogP contribution < -0.4 is 5.32 Å². The average molecular weight is 377 g/mol. The lowest BCUT2D eigenvalue weighted by atomic mass is 10.0. The van der Waals surface area contributed by atoms with Crippen molar-refractivity contribution < 1.29 is 9.18 Å². The number of hydrogen-bond acceptors (Lipinski definition) is 2. The number of carbonyl (C=O) groups is 1. The largest absolute Gasteiger partial charge is 0.325 e. The van der Waals surface area contributed by atoms with Crippen LogP contribution in [0.2, 0.25) is 0 Å². The summed E-state index contributed by atoms with van der Waals surface area (Å²) in [7, 11) is 0. The van der Waals surface area contributed by atoms with Crippen LogP contribution in [0.4, 0.5) is 10.1 Å². The number of hydrogen-bond donors (Lipinski definition) is 1. The summed E-state index contributed by atoms with van der Waals surface area (Å²) in [6, 6.07) is 14.3. The standard InChI is InChI=1S/C18H18BrFN2O/c19-14-4-1-3-13(11-14)17-5-2-10-22(17)12-18(23)21-16-8-6-15(20)7-9-16/h1,3-4,6-9,11,17H,2,5,10,12H2,(H,21,23). The van der Waals surface area contributed by atoms with Crippen LogP contribution in [0, 0.1) is 5.82 Å². The van der Waals surface area contributed by atoms with Crippen molar-refractivity contribution in [3.63, 3.8) is 0 Å². The molecule has 2 aromatic carbocycles. The molecule has 1 amide bonds. The fourth-order valence-corrected chi connectivity index (χ4v) is 3.44. The van der Waals surface area contributed by atoms with E-state index in [2.05, 4.69) is 38.3 Å². The summed E-state index contributed by atoms with van der Waals surface area (Å²) < 4.78 is 14.0.